The van der Waals surface area contributed by atoms with E-state index in [0.717, 1.165) is 28.2 Å². The summed E-state index contributed by atoms with van der Waals surface area (Å²) in [6.07, 6.45) is 2.22. The molecule has 0 amide bonds. The van der Waals surface area contributed by atoms with Crippen LogP contribution in [0.25, 0.3) is 0 Å². The van der Waals surface area contributed by atoms with Gasteiger partial charge in [-0.2, -0.15) is 0 Å². The molecule has 0 aliphatic carbocycles. The third-order valence-electron chi connectivity index (χ3n) is 3.58. The molecule has 1 aromatic rings. The Morgan fingerprint density at radius 3 is 2.50 bits per heavy atom. The Morgan fingerprint density at radius 1 is 1.45 bits per heavy atom. The third-order valence-corrected chi connectivity index (χ3v) is 6.16. The van der Waals surface area contributed by atoms with Crippen LogP contribution in [0.15, 0.2) is 10.5 Å². The molecule has 6 heteroatoms. The molecule has 20 heavy (non-hydrogen) atoms. The van der Waals surface area contributed by atoms with Gasteiger partial charge in [-0.1, -0.05) is 25.4 Å². The fourth-order valence-corrected chi connectivity index (χ4v) is 4.36. The molecule has 0 spiro atoms. The van der Waals surface area contributed by atoms with E-state index in [2.05, 4.69) is 40.7 Å². The largest absolute Gasteiger partial charge is 0.383 e. The van der Waals surface area contributed by atoms with E-state index >= 15 is 0 Å². The van der Waals surface area contributed by atoms with Gasteiger partial charge in [0.2, 0.25) is 0 Å². The molecule has 0 aromatic carbocycles. The molecule has 1 aromatic heterocycles. The van der Waals surface area contributed by atoms with Crippen LogP contribution < -0.4 is 5.73 Å². The minimum atomic E-state index is 0.198. The number of methoxy groups -OCH3 is 1. The third kappa shape index (κ3) is 4.68. The highest BCUT2D eigenvalue weighted by molar-refractivity contribution is 9.10. The van der Waals surface area contributed by atoms with Crippen molar-refractivity contribution in [2.75, 3.05) is 26.8 Å². The second-order valence-electron chi connectivity index (χ2n) is 4.72. The number of thiophene rings is 1. The van der Waals surface area contributed by atoms with Crippen molar-refractivity contribution >= 4 is 38.9 Å². The molecule has 1 rings (SSSR count). The summed E-state index contributed by atoms with van der Waals surface area (Å²) in [4.78, 5) is 3.67. The minimum Gasteiger partial charge on any atom is -0.383 e. The van der Waals surface area contributed by atoms with E-state index < -0.39 is 0 Å². The SMILES string of the molecule is CCC(CC)N(CCOC)C(CN)c1cc(Br)c(Cl)s1. The summed E-state index contributed by atoms with van der Waals surface area (Å²) in [5.74, 6) is 0. The van der Waals surface area contributed by atoms with Crippen LogP contribution in [-0.2, 0) is 4.74 Å². The average molecular weight is 384 g/mol. The Hall–Kier alpha value is 0.350. The van der Waals surface area contributed by atoms with E-state index in [4.69, 9.17) is 22.1 Å². The number of ether oxygens (including phenoxy) is 1. The van der Waals surface area contributed by atoms with Crippen LogP contribution in [0.2, 0.25) is 4.34 Å². The number of halogens is 2. The molecule has 0 saturated heterocycles. The molecular formula is C14H24BrClN2OS. The van der Waals surface area contributed by atoms with Crippen molar-refractivity contribution in [3.05, 3.63) is 19.8 Å². The first-order valence-electron chi connectivity index (χ1n) is 6.98. The van der Waals surface area contributed by atoms with Crippen molar-refractivity contribution in [2.24, 2.45) is 5.73 Å². The molecule has 0 radical (unpaired) electrons. The zero-order valence-electron chi connectivity index (χ0n) is 12.4. The minimum absolute atomic E-state index is 0.198. The first-order valence-corrected chi connectivity index (χ1v) is 8.97. The van der Waals surface area contributed by atoms with Gasteiger partial charge in [-0.05, 0) is 34.8 Å². The van der Waals surface area contributed by atoms with Gasteiger partial charge < -0.3 is 10.5 Å². The molecule has 116 valence electrons. The first-order chi connectivity index (χ1) is 9.58. The number of hydrogen-bond donors (Lipinski definition) is 1. The van der Waals surface area contributed by atoms with Crippen molar-refractivity contribution in [3.8, 4) is 0 Å². The maximum absolute atomic E-state index is 6.17. The normalized spacial score (nSPS) is 13.4. The van der Waals surface area contributed by atoms with Gasteiger partial charge in [0, 0.05) is 35.6 Å². The lowest BCUT2D eigenvalue weighted by Gasteiger charge is -2.36. The Balaban J connectivity index is 2.99. The lowest BCUT2D eigenvalue weighted by molar-refractivity contribution is 0.0830. The maximum Gasteiger partial charge on any atom is 0.107 e. The highest BCUT2D eigenvalue weighted by Gasteiger charge is 2.26. The molecule has 3 nitrogen and oxygen atoms in total. The molecule has 1 atom stereocenters. The van der Waals surface area contributed by atoms with E-state index in [1.165, 1.54) is 4.88 Å². The molecule has 0 aliphatic heterocycles. The molecular weight excluding hydrogens is 360 g/mol. The fourth-order valence-electron chi connectivity index (χ4n) is 2.49. The average Bonchev–Trinajstić information content (AvgIpc) is 2.77. The topological polar surface area (TPSA) is 38.5 Å². The number of rotatable bonds is 9. The second-order valence-corrected chi connectivity index (χ2v) is 7.26. The van der Waals surface area contributed by atoms with Gasteiger partial charge in [-0.3, -0.25) is 4.90 Å². The van der Waals surface area contributed by atoms with Crippen LogP contribution in [0.3, 0.4) is 0 Å². The van der Waals surface area contributed by atoms with Gasteiger partial charge in [0.05, 0.1) is 12.6 Å². The van der Waals surface area contributed by atoms with E-state index in [-0.39, 0.29) is 6.04 Å². The van der Waals surface area contributed by atoms with Crippen LogP contribution in [0.1, 0.15) is 37.6 Å². The number of nitrogens with zero attached hydrogens (tertiary/aromatic N) is 1. The van der Waals surface area contributed by atoms with Crippen molar-refractivity contribution < 1.29 is 4.74 Å². The molecule has 1 unspecified atom stereocenters. The summed E-state index contributed by atoms with van der Waals surface area (Å²) in [7, 11) is 1.74. The summed E-state index contributed by atoms with van der Waals surface area (Å²) >= 11 is 11.3. The highest BCUT2D eigenvalue weighted by atomic mass is 79.9. The van der Waals surface area contributed by atoms with Gasteiger partial charge >= 0.3 is 0 Å². The number of nitrogens with two attached hydrogens (primary N) is 1. The van der Waals surface area contributed by atoms with Crippen molar-refractivity contribution in [1.82, 2.24) is 4.90 Å². The zero-order valence-corrected chi connectivity index (χ0v) is 15.5. The summed E-state index contributed by atoms with van der Waals surface area (Å²) < 4.78 is 7.00. The molecule has 0 saturated carbocycles. The van der Waals surface area contributed by atoms with Gasteiger partial charge in [-0.25, -0.2) is 0 Å². The van der Waals surface area contributed by atoms with Gasteiger partial charge in [0.25, 0.3) is 0 Å². The van der Waals surface area contributed by atoms with E-state index in [1.807, 2.05) is 0 Å². The van der Waals surface area contributed by atoms with Gasteiger partial charge in [-0.15, -0.1) is 11.3 Å². The Kier molecular flexibility index (Phi) is 8.63. The Labute approximate surface area is 139 Å². The molecule has 1 heterocycles. The lowest BCUT2D eigenvalue weighted by atomic mass is 10.1. The van der Waals surface area contributed by atoms with Gasteiger partial charge in [0.1, 0.15) is 4.34 Å². The zero-order chi connectivity index (χ0) is 15.1. The maximum atomic E-state index is 6.17. The quantitative estimate of drug-likeness (QED) is 0.691. The Morgan fingerprint density at radius 2 is 2.10 bits per heavy atom. The first kappa shape index (κ1) is 18.4. The monoisotopic (exact) mass is 382 g/mol. The van der Waals surface area contributed by atoms with Crippen molar-refractivity contribution in [2.45, 2.75) is 38.8 Å². The van der Waals surface area contributed by atoms with Crippen LogP contribution >= 0.6 is 38.9 Å². The number of hydrogen-bond acceptors (Lipinski definition) is 4. The molecule has 0 fully saturated rings. The smallest absolute Gasteiger partial charge is 0.107 e. The fraction of sp³-hybridized carbons (Fsp3) is 0.714. The molecule has 2 N–H and O–H groups in total. The van der Waals surface area contributed by atoms with Crippen molar-refractivity contribution in [1.29, 1.82) is 0 Å². The summed E-state index contributed by atoms with van der Waals surface area (Å²) in [6, 6.07) is 2.80. The van der Waals surface area contributed by atoms with E-state index in [0.29, 0.717) is 19.2 Å². The summed E-state index contributed by atoms with van der Waals surface area (Å²) in [5, 5.41) is 0. The van der Waals surface area contributed by atoms with Crippen LogP contribution in [0.5, 0.6) is 0 Å². The summed E-state index contributed by atoms with van der Waals surface area (Å²) in [5.41, 5.74) is 6.05. The predicted molar refractivity (Wildman–Crippen MR) is 91.8 cm³/mol. The van der Waals surface area contributed by atoms with Crippen molar-refractivity contribution in [3.63, 3.8) is 0 Å². The lowest BCUT2D eigenvalue weighted by Crippen LogP contribution is -2.42. The second kappa shape index (κ2) is 9.38. The van der Waals surface area contributed by atoms with Crippen LogP contribution in [0, 0.1) is 0 Å². The highest BCUT2D eigenvalue weighted by Crippen LogP contribution is 2.37. The van der Waals surface area contributed by atoms with Gasteiger partial charge in [0.15, 0.2) is 0 Å². The van der Waals surface area contributed by atoms with E-state index in [1.54, 1.807) is 18.4 Å². The molecule has 0 aliphatic rings. The predicted octanol–water partition coefficient (Wildman–Crippen LogP) is 4.30. The van der Waals surface area contributed by atoms with Crippen LogP contribution in [0.4, 0.5) is 0 Å². The van der Waals surface area contributed by atoms with Crippen LogP contribution in [-0.4, -0.2) is 37.7 Å². The van der Waals surface area contributed by atoms with E-state index in [9.17, 15) is 0 Å². The Bertz CT molecular complexity index is 379. The molecule has 0 bridgehead atoms. The summed E-state index contributed by atoms with van der Waals surface area (Å²) in [6.45, 7) is 6.63. The standard InChI is InChI=1S/C14H24BrClN2OS/c1-4-10(5-2)18(6-7-19-3)12(9-17)13-8-11(15)14(16)20-13/h8,10,12H,4-7,9,17H2,1-3H3.